The van der Waals surface area contributed by atoms with E-state index in [0.717, 1.165) is 23.7 Å². The molecule has 24 heavy (non-hydrogen) atoms. The summed E-state index contributed by atoms with van der Waals surface area (Å²) in [5.74, 6) is 4.19. The number of hydrogen-bond donors (Lipinski definition) is 0. The fourth-order valence-corrected chi connectivity index (χ4v) is 5.59. The van der Waals surface area contributed by atoms with E-state index < -0.39 is 0 Å². The molecule has 0 saturated heterocycles. The first kappa shape index (κ1) is 18.5. The summed E-state index contributed by atoms with van der Waals surface area (Å²) in [5.41, 5.74) is 1.51. The summed E-state index contributed by atoms with van der Waals surface area (Å²) in [4.78, 5) is 0. The van der Waals surface area contributed by atoms with Gasteiger partial charge in [-0.1, -0.05) is 73.5 Å². The highest BCUT2D eigenvalue weighted by Gasteiger charge is 2.30. The molecular weight excluding hydrogens is 356 g/mol. The molecule has 0 aromatic heterocycles. The van der Waals surface area contributed by atoms with E-state index in [1.165, 1.54) is 74.2 Å². The van der Waals surface area contributed by atoms with Crippen molar-refractivity contribution < 1.29 is 0 Å². The molecule has 3 rings (SSSR count). The fourth-order valence-electron chi connectivity index (χ4n) is 5.33. The molecule has 2 aliphatic rings. The summed E-state index contributed by atoms with van der Waals surface area (Å²) < 4.78 is 1.19. The molecule has 134 valence electrons. The van der Waals surface area contributed by atoms with Crippen LogP contribution in [0.3, 0.4) is 0 Å². The lowest BCUT2D eigenvalue weighted by molar-refractivity contribution is 0.141. The van der Waals surface area contributed by atoms with E-state index in [2.05, 4.69) is 47.1 Å². The molecule has 2 aliphatic carbocycles. The summed E-state index contributed by atoms with van der Waals surface area (Å²) >= 11 is 3.53. The first-order chi connectivity index (χ1) is 11.7. The van der Waals surface area contributed by atoms with Gasteiger partial charge in [-0.05, 0) is 79.9 Å². The molecule has 0 atom stereocenters. The predicted octanol–water partition coefficient (Wildman–Crippen LogP) is 7.79. The van der Waals surface area contributed by atoms with Gasteiger partial charge in [-0.3, -0.25) is 0 Å². The zero-order valence-electron chi connectivity index (χ0n) is 15.5. The molecule has 1 heteroatoms. The maximum absolute atomic E-state index is 3.53. The summed E-state index contributed by atoms with van der Waals surface area (Å²) in [6.45, 7) is 2.35. The number of aryl methyl sites for hydroxylation is 1. The minimum atomic E-state index is 0.987. The minimum Gasteiger partial charge on any atom is -0.0654 e. The molecule has 0 radical (unpaired) electrons. The number of halogens is 1. The number of rotatable bonds is 6. The Kier molecular flexibility index (Phi) is 7.25. The molecule has 1 aromatic rings. The molecule has 2 saturated carbocycles. The van der Waals surface area contributed by atoms with Crippen LogP contribution < -0.4 is 0 Å². The van der Waals surface area contributed by atoms with Crippen LogP contribution in [0.2, 0.25) is 0 Å². The molecule has 0 heterocycles. The van der Waals surface area contributed by atoms with Crippen LogP contribution in [0, 0.1) is 23.7 Å². The zero-order chi connectivity index (χ0) is 16.8. The van der Waals surface area contributed by atoms with Crippen LogP contribution in [0.4, 0.5) is 0 Å². The summed E-state index contributed by atoms with van der Waals surface area (Å²) in [7, 11) is 0. The van der Waals surface area contributed by atoms with E-state index in [1.54, 1.807) is 12.8 Å². The van der Waals surface area contributed by atoms with E-state index in [-0.39, 0.29) is 0 Å². The fraction of sp³-hybridized carbons (Fsp3) is 0.739. The quantitative estimate of drug-likeness (QED) is 0.464. The van der Waals surface area contributed by atoms with Crippen LogP contribution in [0.25, 0.3) is 0 Å². The van der Waals surface area contributed by atoms with Gasteiger partial charge in [0.1, 0.15) is 0 Å². The number of hydrogen-bond acceptors (Lipinski definition) is 0. The van der Waals surface area contributed by atoms with Crippen molar-refractivity contribution in [2.45, 2.75) is 84.0 Å². The topological polar surface area (TPSA) is 0 Å². The van der Waals surface area contributed by atoms with Crippen molar-refractivity contribution in [3.8, 4) is 0 Å². The zero-order valence-corrected chi connectivity index (χ0v) is 17.1. The van der Waals surface area contributed by atoms with Gasteiger partial charge in [-0.15, -0.1) is 0 Å². The van der Waals surface area contributed by atoms with Gasteiger partial charge in [0.05, 0.1) is 0 Å². The van der Waals surface area contributed by atoms with Crippen molar-refractivity contribution in [3.63, 3.8) is 0 Å². The second-order valence-corrected chi connectivity index (χ2v) is 9.43. The highest BCUT2D eigenvalue weighted by atomic mass is 79.9. The maximum Gasteiger partial charge on any atom is 0.0175 e. The van der Waals surface area contributed by atoms with Gasteiger partial charge >= 0.3 is 0 Å². The van der Waals surface area contributed by atoms with Gasteiger partial charge < -0.3 is 0 Å². The smallest absolute Gasteiger partial charge is 0.0175 e. The average molecular weight is 391 g/mol. The van der Waals surface area contributed by atoms with Gasteiger partial charge in [-0.25, -0.2) is 0 Å². The van der Waals surface area contributed by atoms with E-state index >= 15 is 0 Å². The summed E-state index contributed by atoms with van der Waals surface area (Å²) in [6.07, 6.45) is 17.7. The van der Waals surface area contributed by atoms with E-state index in [0.29, 0.717) is 0 Å². The molecular formula is C23H35Br. The first-order valence-electron chi connectivity index (χ1n) is 10.5. The molecule has 0 bridgehead atoms. The van der Waals surface area contributed by atoms with Gasteiger partial charge in [0, 0.05) is 4.47 Å². The minimum absolute atomic E-state index is 0.987. The van der Waals surface area contributed by atoms with Gasteiger partial charge in [-0.2, -0.15) is 0 Å². The Morgan fingerprint density at radius 2 is 1.25 bits per heavy atom. The lowest BCUT2D eigenvalue weighted by Crippen LogP contribution is -2.26. The van der Waals surface area contributed by atoms with Crippen LogP contribution in [0.1, 0.15) is 83.1 Å². The molecule has 0 spiro atoms. The lowest BCUT2D eigenvalue weighted by Gasteiger charge is -2.38. The molecule has 1 aromatic carbocycles. The third-order valence-electron chi connectivity index (χ3n) is 6.90. The highest BCUT2D eigenvalue weighted by molar-refractivity contribution is 9.10. The molecule has 2 fully saturated rings. The monoisotopic (exact) mass is 390 g/mol. The molecule has 0 aliphatic heterocycles. The van der Waals surface area contributed by atoms with Crippen molar-refractivity contribution in [2.24, 2.45) is 23.7 Å². The van der Waals surface area contributed by atoms with Crippen LogP contribution in [-0.4, -0.2) is 0 Å². The van der Waals surface area contributed by atoms with Gasteiger partial charge in [0.2, 0.25) is 0 Å². The van der Waals surface area contributed by atoms with E-state index in [9.17, 15) is 0 Å². The SMILES string of the molecule is CCC[C@H]1CC[C@H](C2CCC(CCc3ccc(Br)cc3)CC2)CC1. The Morgan fingerprint density at radius 3 is 1.75 bits per heavy atom. The van der Waals surface area contributed by atoms with Crippen molar-refractivity contribution in [1.82, 2.24) is 0 Å². The molecule has 0 unspecified atom stereocenters. The van der Waals surface area contributed by atoms with Crippen LogP contribution in [0.5, 0.6) is 0 Å². The highest BCUT2D eigenvalue weighted by Crippen LogP contribution is 2.42. The Hall–Kier alpha value is -0.300. The Labute approximate surface area is 157 Å². The van der Waals surface area contributed by atoms with Crippen molar-refractivity contribution in [2.75, 3.05) is 0 Å². The van der Waals surface area contributed by atoms with E-state index in [4.69, 9.17) is 0 Å². The second kappa shape index (κ2) is 9.41. The third kappa shape index (κ3) is 5.35. The normalized spacial score (nSPS) is 31.1. The molecule has 0 nitrogen and oxygen atoms in total. The van der Waals surface area contributed by atoms with Crippen LogP contribution in [0.15, 0.2) is 28.7 Å². The first-order valence-corrected chi connectivity index (χ1v) is 11.3. The molecule has 0 N–H and O–H groups in total. The molecule has 0 amide bonds. The predicted molar refractivity (Wildman–Crippen MR) is 108 cm³/mol. The van der Waals surface area contributed by atoms with Crippen LogP contribution in [-0.2, 0) is 6.42 Å². The van der Waals surface area contributed by atoms with E-state index in [1.807, 2.05) is 0 Å². The van der Waals surface area contributed by atoms with Crippen molar-refractivity contribution in [3.05, 3.63) is 34.3 Å². The Morgan fingerprint density at radius 1 is 0.750 bits per heavy atom. The van der Waals surface area contributed by atoms with Gasteiger partial charge in [0.25, 0.3) is 0 Å². The Balaban J connectivity index is 1.36. The lowest BCUT2D eigenvalue weighted by atomic mass is 9.68. The average Bonchev–Trinajstić information content (AvgIpc) is 2.63. The van der Waals surface area contributed by atoms with Crippen LogP contribution >= 0.6 is 15.9 Å². The maximum atomic E-state index is 3.53. The van der Waals surface area contributed by atoms with Crippen molar-refractivity contribution in [1.29, 1.82) is 0 Å². The number of benzene rings is 1. The Bertz CT molecular complexity index is 461. The summed E-state index contributed by atoms with van der Waals surface area (Å²) in [6, 6.07) is 8.93. The van der Waals surface area contributed by atoms with Gasteiger partial charge in [0.15, 0.2) is 0 Å². The largest absolute Gasteiger partial charge is 0.0654 e. The van der Waals surface area contributed by atoms with Crippen molar-refractivity contribution >= 4 is 15.9 Å². The standard InChI is InChI=1S/C23H35Br/c1-2-3-18-6-12-21(13-7-18)22-14-8-19(9-15-22)4-5-20-10-16-23(24)17-11-20/h10-11,16-19,21-22H,2-9,12-15H2,1H3/t18-,19?,21-,22?. The third-order valence-corrected chi connectivity index (χ3v) is 7.43. The summed E-state index contributed by atoms with van der Waals surface area (Å²) in [5, 5.41) is 0. The second-order valence-electron chi connectivity index (χ2n) is 8.52.